The number of nitrogens with one attached hydrogen (secondary N) is 1. The summed E-state index contributed by atoms with van der Waals surface area (Å²) in [6.45, 7) is 4.00. The maximum atomic E-state index is 14.1. The molecule has 26 heavy (non-hydrogen) atoms. The second-order valence-electron chi connectivity index (χ2n) is 7.39. The molecule has 5 nitrogen and oxygen atoms in total. The molecule has 0 radical (unpaired) electrons. The van der Waals surface area contributed by atoms with Crippen LogP contribution in [0.25, 0.3) is 0 Å². The van der Waals surface area contributed by atoms with E-state index in [4.69, 9.17) is 9.47 Å². The van der Waals surface area contributed by atoms with E-state index in [1.807, 2.05) is 4.90 Å². The molecule has 1 aromatic carbocycles. The van der Waals surface area contributed by atoms with Gasteiger partial charge in [0, 0.05) is 24.3 Å². The van der Waals surface area contributed by atoms with Gasteiger partial charge in [-0.25, -0.2) is 13.2 Å². The Kier molecular flexibility index (Phi) is 3.96. The van der Waals surface area contributed by atoms with Gasteiger partial charge in [-0.15, -0.1) is 0 Å². The van der Waals surface area contributed by atoms with Crippen molar-refractivity contribution >= 4 is 11.6 Å². The largest absolute Gasteiger partial charge is 0.378 e. The van der Waals surface area contributed by atoms with Crippen molar-refractivity contribution in [2.75, 3.05) is 37.8 Å². The molecule has 2 atom stereocenters. The van der Waals surface area contributed by atoms with Crippen LogP contribution in [0, 0.1) is 5.82 Å². The third-order valence-electron chi connectivity index (χ3n) is 5.69. The van der Waals surface area contributed by atoms with E-state index in [1.54, 1.807) is 13.0 Å². The Morgan fingerprint density at radius 2 is 1.88 bits per heavy atom. The zero-order chi connectivity index (χ0) is 18.6. The highest BCUT2D eigenvalue weighted by atomic mass is 19.3. The van der Waals surface area contributed by atoms with Crippen molar-refractivity contribution < 1.29 is 27.4 Å². The van der Waals surface area contributed by atoms with Gasteiger partial charge in [0.1, 0.15) is 5.82 Å². The monoisotopic (exact) mass is 370 g/mol. The molecule has 1 aliphatic carbocycles. The summed E-state index contributed by atoms with van der Waals surface area (Å²) in [5, 5.41) is 2.68. The third-order valence-corrected chi connectivity index (χ3v) is 5.69. The van der Waals surface area contributed by atoms with Gasteiger partial charge in [-0.2, -0.15) is 0 Å². The summed E-state index contributed by atoms with van der Waals surface area (Å²) in [4.78, 5) is 14.6. The van der Waals surface area contributed by atoms with Crippen LogP contribution in [0.2, 0.25) is 0 Å². The highest BCUT2D eigenvalue weighted by Gasteiger charge is 2.82. The van der Waals surface area contributed by atoms with E-state index in [1.165, 1.54) is 6.07 Å². The van der Waals surface area contributed by atoms with Gasteiger partial charge in [0.15, 0.2) is 5.60 Å². The van der Waals surface area contributed by atoms with Gasteiger partial charge >= 0.3 is 0 Å². The Bertz CT molecular complexity index is 734. The number of hydrogen-bond donors (Lipinski definition) is 1. The lowest BCUT2D eigenvalue weighted by Crippen LogP contribution is -2.55. The Morgan fingerprint density at radius 1 is 1.19 bits per heavy atom. The van der Waals surface area contributed by atoms with Crippen LogP contribution in [0.15, 0.2) is 18.2 Å². The Hall–Kier alpha value is -1.80. The molecule has 4 rings (SSSR count). The first-order valence-electron chi connectivity index (χ1n) is 8.74. The lowest BCUT2D eigenvalue weighted by molar-refractivity contribution is -0.0484. The average molecular weight is 370 g/mol. The molecule has 2 saturated heterocycles. The van der Waals surface area contributed by atoms with E-state index in [2.05, 4.69) is 5.32 Å². The molecule has 0 bridgehead atoms. The van der Waals surface area contributed by atoms with Crippen LogP contribution in [-0.2, 0) is 9.47 Å². The summed E-state index contributed by atoms with van der Waals surface area (Å²) in [6.07, 6.45) is -0.112. The van der Waals surface area contributed by atoms with Crippen LogP contribution in [0.1, 0.15) is 30.1 Å². The van der Waals surface area contributed by atoms with Crippen molar-refractivity contribution in [1.82, 2.24) is 5.32 Å². The van der Waals surface area contributed by atoms with E-state index in [0.717, 1.165) is 6.07 Å². The second kappa shape index (κ2) is 5.85. The first-order chi connectivity index (χ1) is 12.3. The first kappa shape index (κ1) is 17.6. The minimum atomic E-state index is -2.95. The molecular weight excluding hydrogens is 349 g/mol. The zero-order valence-corrected chi connectivity index (χ0v) is 14.5. The van der Waals surface area contributed by atoms with Gasteiger partial charge in [0.2, 0.25) is 0 Å². The molecule has 3 aliphatic rings. The lowest BCUT2D eigenvalue weighted by atomic mass is 9.90. The molecule has 2 heterocycles. The topological polar surface area (TPSA) is 50.8 Å². The molecule has 8 heteroatoms. The number of benzene rings is 1. The summed E-state index contributed by atoms with van der Waals surface area (Å²) in [5.41, 5.74) is -2.13. The lowest BCUT2D eigenvalue weighted by Gasteiger charge is -2.32. The summed E-state index contributed by atoms with van der Waals surface area (Å²) in [6, 6.07) is 4.07. The van der Waals surface area contributed by atoms with Crippen molar-refractivity contribution in [2.45, 2.75) is 36.8 Å². The van der Waals surface area contributed by atoms with Crippen molar-refractivity contribution in [3.63, 3.8) is 0 Å². The third kappa shape index (κ3) is 2.66. The second-order valence-corrected chi connectivity index (χ2v) is 7.39. The fraction of sp³-hybridized carbons (Fsp3) is 0.611. The number of hydrogen-bond acceptors (Lipinski definition) is 4. The molecule has 142 valence electrons. The fourth-order valence-corrected chi connectivity index (χ4v) is 4.01. The quantitative estimate of drug-likeness (QED) is 0.888. The van der Waals surface area contributed by atoms with Gasteiger partial charge in [0.05, 0.1) is 31.8 Å². The molecular formula is C18H21F3N2O3. The van der Waals surface area contributed by atoms with Crippen LogP contribution >= 0.6 is 0 Å². The van der Waals surface area contributed by atoms with Gasteiger partial charge in [-0.1, -0.05) is 0 Å². The Labute approximate surface area is 149 Å². The number of amides is 1. The molecule has 1 spiro atoms. The van der Waals surface area contributed by atoms with Crippen molar-refractivity contribution in [2.24, 2.45) is 0 Å². The molecule has 2 unspecified atom stereocenters. The average Bonchev–Trinajstić information content (AvgIpc) is 3.02. The highest BCUT2D eigenvalue weighted by molar-refractivity contribution is 5.96. The zero-order valence-electron chi connectivity index (χ0n) is 14.5. The minimum absolute atomic E-state index is 0.110. The standard InChI is InChI=1S/C18H21F3N2O3/c1-16(2-5-26-17(16)11-18(17,20)21)22-15(24)12-8-13(19)10-14(9-12)23-3-6-25-7-4-23/h8-10H,2-7,11H2,1H3,(H,22,24). The molecule has 1 saturated carbocycles. The van der Waals surface area contributed by atoms with Crippen LogP contribution in [0.5, 0.6) is 0 Å². The highest BCUT2D eigenvalue weighted by Crippen LogP contribution is 2.64. The van der Waals surface area contributed by atoms with Gasteiger partial charge in [0.25, 0.3) is 11.8 Å². The molecule has 1 amide bonds. The predicted molar refractivity (Wildman–Crippen MR) is 88.2 cm³/mol. The summed E-state index contributed by atoms with van der Waals surface area (Å²) in [7, 11) is 0. The number of alkyl halides is 2. The van der Waals surface area contributed by atoms with Crippen LogP contribution in [-0.4, -0.2) is 55.9 Å². The number of rotatable bonds is 3. The normalized spacial score (nSPS) is 32.7. The predicted octanol–water partition coefficient (Wildman–Crippen LogP) is 2.35. The van der Waals surface area contributed by atoms with Crippen molar-refractivity contribution in [3.05, 3.63) is 29.6 Å². The van der Waals surface area contributed by atoms with Gasteiger partial charge < -0.3 is 19.7 Å². The maximum Gasteiger partial charge on any atom is 0.282 e. The number of nitrogens with zero attached hydrogens (tertiary/aromatic N) is 1. The van der Waals surface area contributed by atoms with E-state index in [-0.39, 0.29) is 12.2 Å². The number of anilines is 1. The Balaban J connectivity index is 1.56. The molecule has 0 aromatic heterocycles. The van der Waals surface area contributed by atoms with Crippen molar-refractivity contribution in [3.8, 4) is 0 Å². The van der Waals surface area contributed by atoms with Crippen LogP contribution in [0.4, 0.5) is 18.9 Å². The van der Waals surface area contributed by atoms with Crippen LogP contribution < -0.4 is 10.2 Å². The molecule has 3 fully saturated rings. The number of halogens is 3. The van der Waals surface area contributed by atoms with Gasteiger partial charge in [-0.05, 0) is 31.5 Å². The summed E-state index contributed by atoms with van der Waals surface area (Å²) >= 11 is 0. The fourth-order valence-electron chi connectivity index (χ4n) is 4.01. The molecule has 2 aliphatic heterocycles. The van der Waals surface area contributed by atoms with Gasteiger partial charge in [-0.3, -0.25) is 4.79 Å². The van der Waals surface area contributed by atoms with E-state index in [0.29, 0.717) is 38.4 Å². The Morgan fingerprint density at radius 3 is 2.54 bits per heavy atom. The number of morpholine rings is 1. The van der Waals surface area contributed by atoms with Crippen LogP contribution in [0.3, 0.4) is 0 Å². The summed E-state index contributed by atoms with van der Waals surface area (Å²) in [5.74, 6) is -4.07. The number of ether oxygens (including phenoxy) is 2. The summed E-state index contributed by atoms with van der Waals surface area (Å²) < 4.78 is 52.4. The van der Waals surface area contributed by atoms with E-state index < -0.39 is 35.2 Å². The van der Waals surface area contributed by atoms with Crippen molar-refractivity contribution in [1.29, 1.82) is 0 Å². The smallest absolute Gasteiger partial charge is 0.282 e. The van der Waals surface area contributed by atoms with E-state index in [9.17, 15) is 18.0 Å². The minimum Gasteiger partial charge on any atom is -0.378 e. The van der Waals surface area contributed by atoms with E-state index >= 15 is 0 Å². The maximum absolute atomic E-state index is 14.1. The number of carbonyl (C=O) groups excluding carboxylic acids is 1. The molecule has 1 N–H and O–H groups in total. The molecule has 1 aromatic rings. The first-order valence-corrected chi connectivity index (χ1v) is 8.74. The SMILES string of the molecule is CC1(NC(=O)c2cc(F)cc(N3CCOCC3)c2)CCOC12CC2(F)F. The number of carbonyl (C=O) groups is 1.